The standard InChI is InChI=1S/2C9H16Br2N5O4P.C5H14BrN2O2P.H2O2.O2/c2*1-15-8(6-12-9(15)16(17)18)7-20-21(19,13-4-2-10)14-5-3-11;1-2-4-7-11(9,10)8-5-3-6;2*1-2/h2*6H,2-5,7H2,1H3,(H2,13,14,19);2-5H2,1H3,(H3,7,8,9,10);1-2H;/p-1. The fraction of sp³-hybridized carbons (Fsp3) is 0.739. The molecular weight excluding hydrogens is 1160 g/mol. The number of hydrogen-bond donors (Lipinski definition) is 8. The molecule has 0 aliphatic rings. The molecule has 0 amide bonds. The van der Waals surface area contributed by atoms with E-state index >= 15 is 0 Å². The average molecular weight is 1210 g/mol. The van der Waals surface area contributed by atoms with Gasteiger partial charge in [-0.05, 0) is 16.3 Å². The van der Waals surface area contributed by atoms with Gasteiger partial charge in [-0.3, -0.25) is 22.7 Å². The Labute approximate surface area is 370 Å². The van der Waals surface area contributed by atoms with Gasteiger partial charge in [0.05, 0.1) is 14.1 Å². The van der Waals surface area contributed by atoms with E-state index < -0.39 is 32.9 Å². The minimum atomic E-state index is -3.26. The second kappa shape index (κ2) is 36.2. The average Bonchev–Trinajstić information content (AvgIpc) is 3.78. The molecule has 0 spiro atoms. The van der Waals surface area contributed by atoms with E-state index in [4.69, 9.17) is 34.4 Å². The Kier molecular flexibility index (Phi) is 38.5. The summed E-state index contributed by atoms with van der Waals surface area (Å²) in [4.78, 5) is 50.7. The van der Waals surface area contributed by atoms with Gasteiger partial charge in [0, 0.05) is 75.8 Å². The van der Waals surface area contributed by atoms with Crippen LogP contribution in [0.1, 0.15) is 24.7 Å². The summed E-state index contributed by atoms with van der Waals surface area (Å²) in [7, 11) is -6.69. The zero-order chi connectivity index (χ0) is 44.5. The van der Waals surface area contributed by atoms with Gasteiger partial charge in [-0.2, -0.15) is 0 Å². The number of nitrogens with one attached hydrogen (secondary N) is 6. The van der Waals surface area contributed by atoms with Crippen molar-refractivity contribution in [1.29, 1.82) is 0 Å². The lowest BCUT2D eigenvalue weighted by molar-refractivity contribution is -0.670. The summed E-state index contributed by atoms with van der Waals surface area (Å²) < 4.78 is 49.4. The van der Waals surface area contributed by atoms with E-state index in [-0.39, 0.29) is 25.1 Å². The van der Waals surface area contributed by atoms with Gasteiger partial charge in [0.25, 0.3) is 0 Å². The second-order valence-electron chi connectivity index (χ2n) is 9.85. The fourth-order valence-electron chi connectivity index (χ4n) is 3.35. The molecular formula is C23H47Br5N12O14P3-. The van der Waals surface area contributed by atoms with Gasteiger partial charge in [0.2, 0.25) is 0 Å². The molecule has 2 rings (SSSR count). The van der Waals surface area contributed by atoms with E-state index in [9.17, 15) is 33.9 Å². The van der Waals surface area contributed by atoms with E-state index in [1.165, 1.54) is 35.6 Å². The lowest BCUT2D eigenvalue weighted by Crippen LogP contribution is -2.27. The third-order valence-corrected chi connectivity index (χ3v) is 12.7. The second-order valence-corrected chi connectivity index (χ2v) is 19.6. The molecule has 0 aliphatic carbocycles. The van der Waals surface area contributed by atoms with Crippen LogP contribution in [-0.2, 0) is 50.1 Å². The summed E-state index contributed by atoms with van der Waals surface area (Å²) in [5, 5.41) is 53.7. The number of halogens is 5. The molecule has 334 valence electrons. The largest absolute Gasteiger partial charge is 0.727 e. The van der Waals surface area contributed by atoms with Gasteiger partial charge in [-0.15, -0.1) is 0 Å². The van der Waals surface area contributed by atoms with E-state index in [1.807, 2.05) is 6.92 Å². The van der Waals surface area contributed by atoms with E-state index in [0.29, 0.717) is 77.3 Å². The van der Waals surface area contributed by atoms with Gasteiger partial charge in [0.1, 0.15) is 37.0 Å². The summed E-state index contributed by atoms with van der Waals surface area (Å²) in [6, 6.07) is 0. The maximum absolute atomic E-state index is 12.5. The molecule has 2 aromatic heterocycles. The van der Waals surface area contributed by atoms with Gasteiger partial charge in [-0.1, -0.05) is 96.5 Å². The predicted molar refractivity (Wildman–Crippen MR) is 231 cm³/mol. The van der Waals surface area contributed by atoms with Crippen LogP contribution in [0.2, 0.25) is 0 Å². The van der Waals surface area contributed by atoms with Crippen LogP contribution in [0.4, 0.5) is 11.9 Å². The summed E-state index contributed by atoms with van der Waals surface area (Å²) >= 11 is 16.1. The highest BCUT2D eigenvalue weighted by Crippen LogP contribution is 2.39. The molecule has 0 aliphatic heterocycles. The molecule has 0 radical (unpaired) electrons. The fourth-order valence-corrected chi connectivity index (χ4v) is 9.77. The maximum Gasteiger partial charge on any atom is 0.434 e. The minimum absolute atomic E-state index is 0.0564. The number of aromatic nitrogens is 4. The van der Waals surface area contributed by atoms with Crippen LogP contribution in [-0.4, -0.2) is 105 Å². The Morgan fingerprint density at radius 2 is 0.930 bits per heavy atom. The van der Waals surface area contributed by atoms with Crippen LogP contribution in [0.5, 0.6) is 0 Å². The van der Waals surface area contributed by atoms with Crippen molar-refractivity contribution >= 4 is 115 Å². The highest BCUT2D eigenvalue weighted by Gasteiger charge is 2.26. The molecule has 34 heteroatoms. The summed E-state index contributed by atoms with van der Waals surface area (Å²) in [5.74, 6) is -0.574. The van der Waals surface area contributed by atoms with Crippen LogP contribution >= 0.6 is 103 Å². The van der Waals surface area contributed by atoms with Crippen LogP contribution in [0.3, 0.4) is 0 Å². The van der Waals surface area contributed by atoms with Crippen molar-refractivity contribution in [2.75, 3.05) is 65.9 Å². The van der Waals surface area contributed by atoms with Crippen LogP contribution < -0.4 is 35.8 Å². The lowest BCUT2D eigenvalue weighted by Gasteiger charge is -2.19. The topological polar surface area (TPSA) is 361 Å². The Bertz CT molecular complexity index is 1410. The highest BCUT2D eigenvalue weighted by molar-refractivity contribution is 9.09. The molecule has 2 heterocycles. The third kappa shape index (κ3) is 27.8. The van der Waals surface area contributed by atoms with Crippen molar-refractivity contribution in [3.8, 4) is 0 Å². The zero-order valence-electron chi connectivity index (χ0n) is 30.8. The van der Waals surface area contributed by atoms with E-state index in [0.717, 1.165) is 6.42 Å². The zero-order valence-corrected chi connectivity index (χ0v) is 41.4. The lowest BCUT2D eigenvalue weighted by atomic mass is 10.5. The number of alkyl halides is 5. The molecule has 2 aromatic rings. The number of nitro groups is 2. The summed E-state index contributed by atoms with van der Waals surface area (Å²) in [6.45, 7) is 4.70. The highest BCUT2D eigenvalue weighted by atomic mass is 79.9. The quantitative estimate of drug-likeness (QED) is 0.0218. The summed E-state index contributed by atoms with van der Waals surface area (Å²) in [5.41, 5.74) is 0.923. The first-order valence-electron chi connectivity index (χ1n) is 15.8. The molecule has 8 N–H and O–H groups in total. The van der Waals surface area contributed by atoms with Gasteiger partial charge >= 0.3 is 34.9 Å². The molecule has 0 fully saturated rings. The van der Waals surface area contributed by atoms with Crippen LogP contribution in [0, 0.1) is 30.2 Å². The van der Waals surface area contributed by atoms with Crippen molar-refractivity contribution in [2.45, 2.75) is 26.6 Å². The molecule has 0 saturated carbocycles. The van der Waals surface area contributed by atoms with E-state index in [2.05, 4.69) is 120 Å². The summed E-state index contributed by atoms with van der Waals surface area (Å²) in [6.07, 6.45) is 3.51. The molecule has 0 bridgehead atoms. The van der Waals surface area contributed by atoms with Crippen LogP contribution in [0.15, 0.2) is 12.4 Å². The first-order chi connectivity index (χ1) is 27.0. The molecule has 57 heavy (non-hydrogen) atoms. The predicted octanol–water partition coefficient (Wildman–Crippen LogP) is 3.80. The first kappa shape index (κ1) is 60.8. The van der Waals surface area contributed by atoms with Crippen molar-refractivity contribution in [3.05, 3.63) is 53.9 Å². The van der Waals surface area contributed by atoms with Gasteiger partial charge in [0.15, 0.2) is 0 Å². The normalized spacial score (nSPS) is 12.0. The molecule has 1 unspecified atom stereocenters. The van der Waals surface area contributed by atoms with Crippen molar-refractivity contribution in [1.82, 2.24) is 49.6 Å². The van der Waals surface area contributed by atoms with Crippen LogP contribution in [0.25, 0.3) is 0 Å². The minimum Gasteiger partial charge on any atom is -0.727 e. The Hall–Kier alpha value is -0.530. The third-order valence-electron chi connectivity index (χ3n) is 5.89. The number of hydrogen-bond acceptors (Lipinski definition) is 15. The smallest absolute Gasteiger partial charge is 0.434 e. The SMILES string of the molecule is CCCNP(=O)(O)NCCBr.Cn1c(COP(=O)(NCCBr)NCCBr)cnc1[N+](=O)[O-].Cn1c(COP(=O)(NCCBr)NCCBr)cnc1[N+](=O)[O-].O=O.[O-]O. The Balaban J connectivity index is -0.000000767. The monoisotopic (exact) mass is 1200 g/mol. The Morgan fingerprint density at radius 1 is 0.649 bits per heavy atom. The Morgan fingerprint density at radius 3 is 1.18 bits per heavy atom. The van der Waals surface area contributed by atoms with Crippen molar-refractivity contribution in [3.63, 3.8) is 0 Å². The first-order valence-corrected chi connectivity index (χ1v) is 26.3. The molecule has 0 saturated heterocycles. The number of imidazole rings is 2. The number of nitrogens with zero attached hydrogens (tertiary/aromatic N) is 6. The molecule has 1 atom stereocenters. The number of rotatable bonds is 26. The maximum atomic E-state index is 12.5. The molecule has 0 aromatic carbocycles. The molecule has 26 nitrogen and oxygen atoms in total. The van der Waals surface area contributed by atoms with Gasteiger partial charge < -0.3 is 35.6 Å². The van der Waals surface area contributed by atoms with E-state index in [1.54, 1.807) is 0 Å². The van der Waals surface area contributed by atoms with Gasteiger partial charge in [-0.25, -0.2) is 39.7 Å². The van der Waals surface area contributed by atoms with Crippen molar-refractivity contribution in [2.24, 2.45) is 14.1 Å². The van der Waals surface area contributed by atoms with Crippen molar-refractivity contribution < 1.29 is 48.0 Å².